The molecular weight excluding hydrogens is 264 g/mol. The summed E-state index contributed by atoms with van der Waals surface area (Å²) in [6.45, 7) is 2.18. The lowest BCUT2D eigenvalue weighted by Gasteiger charge is -2.33. The van der Waals surface area contributed by atoms with Crippen molar-refractivity contribution in [3.8, 4) is 0 Å². The summed E-state index contributed by atoms with van der Waals surface area (Å²) < 4.78 is 26.9. The van der Waals surface area contributed by atoms with Gasteiger partial charge in [-0.25, -0.2) is 8.78 Å². The average Bonchev–Trinajstić information content (AvgIpc) is 2.38. The Kier molecular flexibility index (Phi) is 5.22. The Balaban J connectivity index is 2.05. The molecule has 2 rings (SSSR count). The normalized spacial score (nSPS) is 27.5. The molecule has 106 valence electrons. The third-order valence-corrected chi connectivity index (χ3v) is 5.23. The molecule has 4 heteroatoms. The lowest BCUT2D eigenvalue weighted by Crippen LogP contribution is -2.38. The lowest BCUT2D eigenvalue weighted by molar-refractivity contribution is 0.316. The van der Waals surface area contributed by atoms with Crippen molar-refractivity contribution in [2.45, 2.75) is 55.2 Å². The Labute approximate surface area is 118 Å². The van der Waals surface area contributed by atoms with E-state index < -0.39 is 5.82 Å². The highest BCUT2D eigenvalue weighted by Gasteiger charge is 2.29. The molecule has 0 amide bonds. The van der Waals surface area contributed by atoms with E-state index in [0.717, 1.165) is 25.3 Å². The van der Waals surface area contributed by atoms with Gasteiger partial charge in [0.2, 0.25) is 0 Å². The topological polar surface area (TPSA) is 26.0 Å². The molecule has 1 fully saturated rings. The van der Waals surface area contributed by atoms with Gasteiger partial charge in [-0.2, -0.15) is 0 Å². The second kappa shape index (κ2) is 6.71. The predicted octanol–water partition coefficient (Wildman–Crippen LogP) is 4.35. The highest BCUT2D eigenvalue weighted by Crippen LogP contribution is 2.38. The van der Waals surface area contributed by atoms with Crippen LogP contribution < -0.4 is 5.73 Å². The molecule has 0 aromatic heterocycles. The Morgan fingerprint density at radius 2 is 2.11 bits per heavy atom. The van der Waals surface area contributed by atoms with Gasteiger partial charge in [0.05, 0.1) is 0 Å². The van der Waals surface area contributed by atoms with Gasteiger partial charge in [0.15, 0.2) is 0 Å². The van der Waals surface area contributed by atoms with Gasteiger partial charge < -0.3 is 5.73 Å². The van der Waals surface area contributed by atoms with Gasteiger partial charge in [0.25, 0.3) is 0 Å². The highest BCUT2D eigenvalue weighted by atomic mass is 32.2. The molecule has 0 saturated heterocycles. The van der Waals surface area contributed by atoms with Crippen molar-refractivity contribution in [1.29, 1.82) is 0 Å². The minimum Gasteiger partial charge on any atom is -0.327 e. The molecule has 0 spiro atoms. The van der Waals surface area contributed by atoms with E-state index in [2.05, 4.69) is 6.92 Å². The number of halogens is 2. The van der Waals surface area contributed by atoms with Crippen LogP contribution in [0.4, 0.5) is 8.78 Å². The SMILES string of the molecule is CCCC1CCC(N)C(Sc2cc(F)ccc2F)C1. The molecule has 2 N–H and O–H groups in total. The van der Waals surface area contributed by atoms with Gasteiger partial charge in [-0.15, -0.1) is 11.8 Å². The van der Waals surface area contributed by atoms with E-state index in [1.807, 2.05) is 0 Å². The largest absolute Gasteiger partial charge is 0.327 e. The summed E-state index contributed by atoms with van der Waals surface area (Å²) in [5, 5.41) is 0.196. The van der Waals surface area contributed by atoms with E-state index in [1.165, 1.54) is 36.7 Å². The molecule has 1 aromatic rings. The molecule has 0 bridgehead atoms. The first-order valence-corrected chi connectivity index (χ1v) is 7.85. The minimum atomic E-state index is -0.390. The zero-order valence-corrected chi connectivity index (χ0v) is 12.1. The quantitative estimate of drug-likeness (QED) is 0.890. The summed E-state index contributed by atoms with van der Waals surface area (Å²) in [5.41, 5.74) is 6.14. The fourth-order valence-corrected chi connectivity index (χ4v) is 4.14. The molecule has 0 aliphatic heterocycles. The molecule has 1 aromatic carbocycles. The van der Waals surface area contributed by atoms with Crippen LogP contribution in [0.1, 0.15) is 39.0 Å². The maximum absolute atomic E-state index is 13.7. The Bertz CT molecular complexity index is 425. The van der Waals surface area contributed by atoms with Crippen LogP contribution >= 0.6 is 11.8 Å². The molecule has 1 aliphatic rings. The van der Waals surface area contributed by atoms with Crippen LogP contribution in [0.15, 0.2) is 23.1 Å². The first-order valence-electron chi connectivity index (χ1n) is 6.97. The fraction of sp³-hybridized carbons (Fsp3) is 0.600. The number of benzene rings is 1. The van der Waals surface area contributed by atoms with Crippen molar-refractivity contribution < 1.29 is 8.78 Å². The molecule has 3 atom stereocenters. The monoisotopic (exact) mass is 285 g/mol. The Morgan fingerprint density at radius 1 is 1.32 bits per heavy atom. The number of hydrogen-bond acceptors (Lipinski definition) is 2. The van der Waals surface area contributed by atoms with Crippen molar-refractivity contribution in [3.05, 3.63) is 29.8 Å². The van der Waals surface area contributed by atoms with Crippen LogP contribution in [0, 0.1) is 17.6 Å². The first kappa shape index (κ1) is 14.8. The second-order valence-electron chi connectivity index (χ2n) is 5.36. The number of nitrogens with two attached hydrogens (primary N) is 1. The standard InChI is InChI=1S/C15H21F2NS/c1-2-3-10-4-7-13(18)15(8-10)19-14-9-11(16)5-6-12(14)17/h5-6,9-10,13,15H,2-4,7-8,18H2,1H3. The average molecular weight is 285 g/mol. The summed E-state index contributed by atoms with van der Waals surface area (Å²) >= 11 is 1.40. The molecule has 1 aliphatic carbocycles. The molecule has 1 saturated carbocycles. The van der Waals surface area contributed by atoms with E-state index in [1.54, 1.807) is 0 Å². The van der Waals surface area contributed by atoms with Crippen molar-refractivity contribution >= 4 is 11.8 Å². The number of rotatable bonds is 4. The van der Waals surface area contributed by atoms with Gasteiger partial charge in [0, 0.05) is 16.2 Å². The Morgan fingerprint density at radius 3 is 2.84 bits per heavy atom. The maximum Gasteiger partial charge on any atom is 0.136 e. The zero-order chi connectivity index (χ0) is 13.8. The predicted molar refractivity (Wildman–Crippen MR) is 76.2 cm³/mol. The molecule has 0 heterocycles. The van der Waals surface area contributed by atoms with Crippen molar-refractivity contribution in [2.75, 3.05) is 0 Å². The van der Waals surface area contributed by atoms with E-state index in [-0.39, 0.29) is 17.1 Å². The summed E-state index contributed by atoms with van der Waals surface area (Å²) in [6.07, 6.45) is 5.54. The summed E-state index contributed by atoms with van der Waals surface area (Å²) in [6, 6.07) is 3.70. The van der Waals surface area contributed by atoms with Crippen LogP contribution in [0.3, 0.4) is 0 Å². The third-order valence-electron chi connectivity index (χ3n) is 3.82. The summed E-state index contributed by atoms with van der Waals surface area (Å²) in [7, 11) is 0. The van der Waals surface area contributed by atoms with Gasteiger partial charge in [-0.1, -0.05) is 19.8 Å². The number of thioether (sulfide) groups is 1. The van der Waals surface area contributed by atoms with Gasteiger partial charge >= 0.3 is 0 Å². The van der Waals surface area contributed by atoms with Crippen LogP contribution in [0.2, 0.25) is 0 Å². The summed E-state index contributed by atoms with van der Waals surface area (Å²) in [4.78, 5) is 0.387. The van der Waals surface area contributed by atoms with Crippen LogP contribution in [-0.4, -0.2) is 11.3 Å². The fourth-order valence-electron chi connectivity index (χ4n) is 2.77. The molecule has 0 radical (unpaired) electrons. The van der Waals surface area contributed by atoms with Gasteiger partial charge in [-0.05, 0) is 43.4 Å². The zero-order valence-electron chi connectivity index (χ0n) is 11.2. The second-order valence-corrected chi connectivity index (χ2v) is 6.64. The molecule has 19 heavy (non-hydrogen) atoms. The smallest absolute Gasteiger partial charge is 0.136 e. The van der Waals surface area contributed by atoms with Gasteiger partial charge in [-0.3, -0.25) is 0 Å². The molecule has 3 unspecified atom stereocenters. The van der Waals surface area contributed by atoms with E-state index >= 15 is 0 Å². The lowest BCUT2D eigenvalue weighted by atomic mass is 9.83. The van der Waals surface area contributed by atoms with Gasteiger partial charge in [0.1, 0.15) is 11.6 Å². The minimum absolute atomic E-state index is 0.0840. The highest BCUT2D eigenvalue weighted by molar-refractivity contribution is 8.00. The maximum atomic E-state index is 13.7. The number of hydrogen-bond donors (Lipinski definition) is 1. The molecular formula is C15H21F2NS. The van der Waals surface area contributed by atoms with Crippen molar-refractivity contribution in [1.82, 2.24) is 0 Å². The van der Waals surface area contributed by atoms with Crippen molar-refractivity contribution in [2.24, 2.45) is 11.7 Å². The van der Waals surface area contributed by atoms with E-state index in [4.69, 9.17) is 5.73 Å². The summed E-state index contributed by atoms with van der Waals surface area (Å²) in [5.74, 6) is -0.0616. The van der Waals surface area contributed by atoms with Crippen LogP contribution in [0.25, 0.3) is 0 Å². The Hall–Kier alpha value is -0.610. The van der Waals surface area contributed by atoms with Crippen LogP contribution in [-0.2, 0) is 0 Å². The third kappa shape index (κ3) is 3.93. The first-order chi connectivity index (χ1) is 9.10. The van der Waals surface area contributed by atoms with E-state index in [0.29, 0.717) is 10.8 Å². The molecule has 1 nitrogen and oxygen atoms in total. The van der Waals surface area contributed by atoms with E-state index in [9.17, 15) is 8.78 Å². The van der Waals surface area contributed by atoms with Crippen molar-refractivity contribution in [3.63, 3.8) is 0 Å². The van der Waals surface area contributed by atoms with Crippen LogP contribution in [0.5, 0.6) is 0 Å².